The molecule has 156 valence electrons. The molecule has 28 heavy (non-hydrogen) atoms. The second-order valence-corrected chi connectivity index (χ2v) is 8.66. The number of carbonyl (C=O) groups excluding carboxylic acids is 1. The summed E-state index contributed by atoms with van der Waals surface area (Å²) in [7, 11) is -2.47. The third kappa shape index (κ3) is 6.30. The topological polar surface area (TPSA) is 118 Å². The first kappa shape index (κ1) is 22.3. The quantitative estimate of drug-likeness (QED) is 0.368. The molecular weight excluding hydrogens is 404 g/mol. The maximum atomic E-state index is 12.5. The zero-order chi connectivity index (χ0) is 20.7. The molecule has 0 saturated carbocycles. The molecule has 1 atom stereocenters. The second-order valence-electron chi connectivity index (χ2n) is 6.57. The Kier molecular flexibility index (Phi) is 7.98. The SMILES string of the molecule is COc1ccc(C(=O)NNC(=S)NCC2CCCO2)cc1S(=O)(=O)NC(C)C. The van der Waals surface area contributed by atoms with E-state index < -0.39 is 15.9 Å². The highest BCUT2D eigenvalue weighted by atomic mass is 32.2. The van der Waals surface area contributed by atoms with Crippen LogP contribution in [-0.2, 0) is 14.8 Å². The number of methoxy groups -OCH3 is 1. The fraction of sp³-hybridized carbons (Fsp3) is 0.529. The number of thiocarbonyl (C=S) groups is 1. The molecule has 1 aliphatic heterocycles. The van der Waals surface area contributed by atoms with Crippen molar-refractivity contribution in [3.8, 4) is 5.75 Å². The number of sulfonamides is 1. The second kappa shape index (κ2) is 10.0. The van der Waals surface area contributed by atoms with Crippen LogP contribution in [0.5, 0.6) is 5.75 Å². The van der Waals surface area contributed by atoms with Crippen LogP contribution in [0.1, 0.15) is 37.0 Å². The summed E-state index contributed by atoms with van der Waals surface area (Å²) in [5.74, 6) is -0.392. The van der Waals surface area contributed by atoms with Crippen molar-refractivity contribution >= 4 is 33.3 Å². The van der Waals surface area contributed by atoms with Gasteiger partial charge in [0.2, 0.25) is 10.0 Å². The summed E-state index contributed by atoms with van der Waals surface area (Å²) in [4.78, 5) is 12.3. The number of rotatable bonds is 7. The number of nitrogens with one attached hydrogen (secondary N) is 4. The van der Waals surface area contributed by atoms with Gasteiger partial charge in [-0.3, -0.25) is 15.6 Å². The Labute approximate surface area is 170 Å². The van der Waals surface area contributed by atoms with Crippen molar-refractivity contribution in [2.24, 2.45) is 0 Å². The zero-order valence-electron chi connectivity index (χ0n) is 16.1. The van der Waals surface area contributed by atoms with E-state index in [4.69, 9.17) is 21.7 Å². The molecular formula is C17H26N4O5S2. The Morgan fingerprint density at radius 1 is 1.36 bits per heavy atom. The van der Waals surface area contributed by atoms with Crippen LogP contribution in [-0.4, -0.2) is 51.8 Å². The number of benzene rings is 1. The Balaban J connectivity index is 2.00. The lowest BCUT2D eigenvalue weighted by Gasteiger charge is -2.16. The van der Waals surface area contributed by atoms with Gasteiger partial charge in [0.25, 0.3) is 5.91 Å². The van der Waals surface area contributed by atoms with Crippen molar-refractivity contribution in [2.45, 2.75) is 43.7 Å². The average Bonchev–Trinajstić information content (AvgIpc) is 3.16. The molecule has 1 aliphatic rings. The summed E-state index contributed by atoms with van der Waals surface area (Å²) < 4.78 is 38.1. The van der Waals surface area contributed by atoms with E-state index in [1.807, 2.05) is 0 Å². The van der Waals surface area contributed by atoms with Crippen LogP contribution < -0.4 is 25.6 Å². The monoisotopic (exact) mass is 430 g/mol. The number of hydrogen-bond donors (Lipinski definition) is 4. The first-order chi connectivity index (χ1) is 13.2. The molecule has 1 aromatic rings. The molecule has 0 spiro atoms. The van der Waals surface area contributed by atoms with E-state index in [0.717, 1.165) is 19.4 Å². The van der Waals surface area contributed by atoms with E-state index in [1.165, 1.54) is 25.3 Å². The molecule has 1 saturated heterocycles. The molecule has 4 N–H and O–H groups in total. The summed E-state index contributed by atoms with van der Waals surface area (Å²) in [6.45, 7) is 4.70. The molecule has 1 amide bonds. The summed E-state index contributed by atoms with van der Waals surface area (Å²) >= 11 is 5.11. The van der Waals surface area contributed by atoms with Crippen LogP contribution in [0, 0.1) is 0 Å². The Hall–Kier alpha value is -1.95. The first-order valence-electron chi connectivity index (χ1n) is 8.89. The van der Waals surface area contributed by atoms with E-state index in [9.17, 15) is 13.2 Å². The van der Waals surface area contributed by atoms with Gasteiger partial charge in [-0.1, -0.05) is 0 Å². The van der Waals surface area contributed by atoms with Crippen LogP contribution in [0.2, 0.25) is 0 Å². The first-order valence-corrected chi connectivity index (χ1v) is 10.8. The molecule has 0 bridgehead atoms. The van der Waals surface area contributed by atoms with Crippen LogP contribution >= 0.6 is 12.2 Å². The number of carbonyl (C=O) groups is 1. The summed E-state index contributed by atoms with van der Waals surface area (Å²) in [5.41, 5.74) is 5.17. The maximum absolute atomic E-state index is 12.5. The van der Waals surface area contributed by atoms with Gasteiger partial charge in [0.15, 0.2) is 5.11 Å². The maximum Gasteiger partial charge on any atom is 0.269 e. The number of hydrogen-bond acceptors (Lipinski definition) is 6. The number of ether oxygens (including phenoxy) is 2. The molecule has 1 fully saturated rings. The van der Waals surface area contributed by atoms with Gasteiger partial charge in [-0.15, -0.1) is 0 Å². The molecule has 1 unspecified atom stereocenters. The summed E-state index contributed by atoms with van der Waals surface area (Å²) in [5, 5.41) is 3.20. The van der Waals surface area contributed by atoms with E-state index >= 15 is 0 Å². The normalized spacial score (nSPS) is 16.6. The van der Waals surface area contributed by atoms with E-state index in [0.29, 0.717) is 6.54 Å². The standard InChI is InChI=1S/C17H26N4O5S2/c1-11(2)21-28(23,24)15-9-12(6-7-14(15)25-3)16(22)19-20-17(27)18-10-13-5-4-8-26-13/h6-7,9,11,13,21H,4-5,8,10H2,1-3H3,(H,19,22)(H2,18,20,27). The molecule has 2 rings (SSSR count). The predicted octanol–water partition coefficient (Wildman–Crippen LogP) is 0.670. The van der Waals surface area contributed by atoms with Gasteiger partial charge in [0, 0.05) is 24.8 Å². The average molecular weight is 431 g/mol. The minimum absolute atomic E-state index is 0.110. The van der Waals surface area contributed by atoms with Gasteiger partial charge >= 0.3 is 0 Å². The molecule has 0 aromatic heterocycles. The zero-order valence-corrected chi connectivity index (χ0v) is 17.7. The minimum atomic E-state index is -3.84. The third-order valence-electron chi connectivity index (χ3n) is 3.91. The van der Waals surface area contributed by atoms with Crippen LogP contribution in [0.3, 0.4) is 0 Å². The lowest BCUT2D eigenvalue weighted by Crippen LogP contribution is -2.48. The molecule has 0 radical (unpaired) electrons. The van der Waals surface area contributed by atoms with Gasteiger partial charge in [0.05, 0.1) is 13.2 Å². The van der Waals surface area contributed by atoms with Crippen LogP contribution in [0.4, 0.5) is 0 Å². The molecule has 1 heterocycles. The lowest BCUT2D eigenvalue weighted by molar-refractivity contribution is 0.0943. The smallest absolute Gasteiger partial charge is 0.269 e. The Morgan fingerprint density at radius 3 is 2.71 bits per heavy atom. The summed E-state index contributed by atoms with van der Waals surface area (Å²) in [6.07, 6.45) is 2.10. The Bertz CT molecular complexity index is 808. The molecule has 9 nitrogen and oxygen atoms in total. The van der Waals surface area contributed by atoms with E-state index in [-0.39, 0.29) is 33.5 Å². The van der Waals surface area contributed by atoms with Crippen molar-refractivity contribution in [3.63, 3.8) is 0 Å². The van der Waals surface area contributed by atoms with Gasteiger partial charge in [-0.05, 0) is 57.1 Å². The molecule has 1 aromatic carbocycles. The van der Waals surface area contributed by atoms with Gasteiger partial charge in [0.1, 0.15) is 10.6 Å². The van der Waals surface area contributed by atoms with E-state index in [1.54, 1.807) is 13.8 Å². The van der Waals surface area contributed by atoms with Gasteiger partial charge < -0.3 is 14.8 Å². The van der Waals surface area contributed by atoms with Gasteiger partial charge in [-0.25, -0.2) is 13.1 Å². The van der Waals surface area contributed by atoms with Crippen LogP contribution in [0.15, 0.2) is 23.1 Å². The fourth-order valence-corrected chi connectivity index (χ4v) is 4.22. The minimum Gasteiger partial charge on any atom is -0.495 e. The number of hydrazine groups is 1. The Morgan fingerprint density at radius 2 is 2.11 bits per heavy atom. The van der Waals surface area contributed by atoms with Crippen molar-refractivity contribution in [1.29, 1.82) is 0 Å². The fourth-order valence-electron chi connectivity index (χ4n) is 2.64. The number of amides is 1. The third-order valence-corrected chi connectivity index (χ3v) is 5.84. The van der Waals surface area contributed by atoms with Crippen molar-refractivity contribution in [3.05, 3.63) is 23.8 Å². The highest BCUT2D eigenvalue weighted by Gasteiger charge is 2.22. The predicted molar refractivity (Wildman–Crippen MR) is 109 cm³/mol. The van der Waals surface area contributed by atoms with Crippen molar-refractivity contribution in [2.75, 3.05) is 20.3 Å². The largest absolute Gasteiger partial charge is 0.495 e. The highest BCUT2D eigenvalue weighted by molar-refractivity contribution is 7.89. The van der Waals surface area contributed by atoms with Crippen molar-refractivity contribution < 1.29 is 22.7 Å². The van der Waals surface area contributed by atoms with Crippen LogP contribution in [0.25, 0.3) is 0 Å². The highest BCUT2D eigenvalue weighted by Crippen LogP contribution is 2.25. The molecule has 11 heteroatoms. The van der Waals surface area contributed by atoms with Gasteiger partial charge in [-0.2, -0.15) is 0 Å². The lowest BCUT2D eigenvalue weighted by atomic mass is 10.2. The van der Waals surface area contributed by atoms with Crippen molar-refractivity contribution in [1.82, 2.24) is 20.9 Å². The van der Waals surface area contributed by atoms with E-state index in [2.05, 4.69) is 20.9 Å². The summed E-state index contributed by atoms with van der Waals surface area (Å²) in [6, 6.07) is 3.84. The molecule has 0 aliphatic carbocycles.